The number of methoxy groups -OCH3 is 1. The zero-order valence-corrected chi connectivity index (χ0v) is 17.6. The lowest BCUT2D eigenvalue weighted by Crippen LogP contribution is -1.93. The SMILES string of the molecule is COc1ccc(-c2c3ccccc3c(-c3cc4ncccc4cn3)c3ccccc23)cc1. The van der Waals surface area contributed by atoms with E-state index in [9.17, 15) is 0 Å². The first-order chi connectivity index (χ1) is 15.8. The van der Waals surface area contributed by atoms with E-state index < -0.39 is 0 Å². The molecule has 152 valence electrons. The average Bonchev–Trinajstić information content (AvgIpc) is 2.87. The quantitative estimate of drug-likeness (QED) is 0.287. The van der Waals surface area contributed by atoms with E-state index in [0.29, 0.717) is 0 Å². The van der Waals surface area contributed by atoms with Crippen LogP contribution in [-0.2, 0) is 0 Å². The second-order valence-electron chi connectivity index (χ2n) is 7.84. The number of rotatable bonds is 3. The van der Waals surface area contributed by atoms with E-state index in [-0.39, 0.29) is 0 Å². The molecule has 4 aromatic carbocycles. The van der Waals surface area contributed by atoms with Gasteiger partial charge in [0.25, 0.3) is 0 Å². The molecule has 32 heavy (non-hydrogen) atoms. The number of aromatic nitrogens is 2. The minimum absolute atomic E-state index is 0.854. The molecular weight excluding hydrogens is 392 g/mol. The maximum Gasteiger partial charge on any atom is 0.118 e. The molecule has 0 aliphatic rings. The van der Waals surface area contributed by atoms with Crippen molar-refractivity contribution in [2.75, 3.05) is 7.11 Å². The van der Waals surface area contributed by atoms with Gasteiger partial charge < -0.3 is 4.74 Å². The van der Waals surface area contributed by atoms with Crippen molar-refractivity contribution in [1.29, 1.82) is 0 Å². The van der Waals surface area contributed by atoms with Crippen LogP contribution in [0.5, 0.6) is 5.75 Å². The maximum atomic E-state index is 5.38. The Morgan fingerprint density at radius 3 is 1.88 bits per heavy atom. The van der Waals surface area contributed by atoms with Crippen LogP contribution in [0, 0.1) is 0 Å². The maximum absolute atomic E-state index is 5.38. The van der Waals surface area contributed by atoms with Crippen LogP contribution in [0.3, 0.4) is 0 Å². The van der Waals surface area contributed by atoms with Crippen LogP contribution >= 0.6 is 0 Å². The van der Waals surface area contributed by atoms with E-state index >= 15 is 0 Å². The van der Waals surface area contributed by atoms with E-state index in [1.165, 1.54) is 27.1 Å². The van der Waals surface area contributed by atoms with Crippen LogP contribution in [-0.4, -0.2) is 17.1 Å². The van der Waals surface area contributed by atoms with Gasteiger partial charge in [0.1, 0.15) is 5.75 Å². The summed E-state index contributed by atoms with van der Waals surface area (Å²) in [6.07, 6.45) is 3.74. The summed E-state index contributed by atoms with van der Waals surface area (Å²) < 4.78 is 5.38. The summed E-state index contributed by atoms with van der Waals surface area (Å²) >= 11 is 0. The Bertz CT molecular complexity index is 1550. The molecule has 0 spiro atoms. The van der Waals surface area contributed by atoms with Gasteiger partial charge in [-0.25, -0.2) is 0 Å². The van der Waals surface area contributed by atoms with Crippen LogP contribution in [0.15, 0.2) is 103 Å². The van der Waals surface area contributed by atoms with Crippen molar-refractivity contribution in [1.82, 2.24) is 9.97 Å². The standard InChI is InChI=1S/C29H20N2O/c1-32-21-14-12-19(13-15-21)28-22-8-2-4-10-24(22)29(25-11-5-3-9-23(25)28)27-17-26-20(18-31-27)7-6-16-30-26/h2-18H,1H3. The van der Waals surface area contributed by atoms with Gasteiger partial charge in [-0.15, -0.1) is 0 Å². The second-order valence-corrected chi connectivity index (χ2v) is 7.84. The number of pyridine rings is 2. The first-order valence-corrected chi connectivity index (χ1v) is 10.6. The minimum atomic E-state index is 0.854. The third-order valence-corrected chi connectivity index (χ3v) is 6.05. The topological polar surface area (TPSA) is 35.0 Å². The number of hydrogen-bond donors (Lipinski definition) is 0. The third-order valence-electron chi connectivity index (χ3n) is 6.05. The lowest BCUT2D eigenvalue weighted by Gasteiger charge is -2.17. The molecule has 6 aromatic rings. The van der Waals surface area contributed by atoms with E-state index in [1.807, 2.05) is 36.7 Å². The van der Waals surface area contributed by atoms with E-state index in [4.69, 9.17) is 9.72 Å². The molecule has 0 aliphatic heterocycles. The monoisotopic (exact) mass is 412 g/mol. The first kappa shape index (κ1) is 18.5. The van der Waals surface area contributed by atoms with Gasteiger partial charge in [-0.1, -0.05) is 60.7 Å². The summed E-state index contributed by atoms with van der Waals surface area (Å²) in [5.41, 5.74) is 5.41. The lowest BCUT2D eigenvalue weighted by molar-refractivity contribution is 0.415. The van der Waals surface area contributed by atoms with Crippen LogP contribution in [0.25, 0.3) is 54.8 Å². The van der Waals surface area contributed by atoms with Crippen molar-refractivity contribution in [2.24, 2.45) is 0 Å². The van der Waals surface area contributed by atoms with Crippen molar-refractivity contribution in [3.63, 3.8) is 0 Å². The highest BCUT2D eigenvalue weighted by Gasteiger charge is 2.17. The molecule has 0 atom stereocenters. The van der Waals surface area contributed by atoms with E-state index in [2.05, 4.69) is 71.7 Å². The fraction of sp³-hybridized carbons (Fsp3) is 0.0345. The summed E-state index contributed by atoms with van der Waals surface area (Å²) in [7, 11) is 1.69. The zero-order chi connectivity index (χ0) is 21.5. The molecule has 0 N–H and O–H groups in total. The van der Waals surface area contributed by atoms with Gasteiger partial charge in [0.05, 0.1) is 18.3 Å². The van der Waals surface area contributed by atoms with Gasteiger partial charge in [0.15, 0.2) is 0 Å². The molecule has 0 amide bonds. The van der Waals surface area contributed by atoms with Gasteiger partial charge in [-0.05, 0) is 63.0 Å². The molecular formula is C29H20N2O. The highest BCUT2D eigenvalue weighted by atomic mass is 16.5. The number of nitrogens with zero attached hydrogens (tertiary/aromatic N) is 2. The predicted octanol–water partition coefficient (Wildman–Crippen LogP) is 7.28. The Balaban J connectivity index is 1.73. The first-order valence-electron chi connectivity index (χ1n) is 10.6. The van der Waals surface area contributed by atoms with Gasteiger partial charge in [0.2, 0.25) is 0 Å². The Labute approximate surface area is 186 Å². The zero-order valence-electron chi connectivity index (χ0n) is 17.6. The second kappa shape index (κ2) is 7.47. The molecule has 0 saturated heterocycles. The molecule has 0 radical (unpaired) electrons. The Morgan fingerprint density at radius 1 is 0.625 bits per heavy atom. The molecule has 2 aromatic heterocycles. The highest BCUT2D eigenvalue weighted by Crippen LogP contribution is 2.43. The Kier molecular flexibility index (Phi) is 4.32. The lowest BCUT2D eigenvalue weighted by atomic mass is 9.87. The molecule has 0 fully saturated rings. The smallest absolute Gasteiger partial charge is 0.118 e. The summed E-state index contributed by atoms with van der Waals surface area (Å²) in [4.78, 5) is 9.40. The summed E-state index contributed by atoms with van der Waals surface area (Å²) in [6, 6.07) is 31.5. The van der Waals surface area contributed by atoms with Crippen molar-refractivity contribution < 1.29 is 4.74 Å². The highest BCUT2D eigenvalue weighted by molar-refractivity contribution is 6.21. The van der Waals surface area contributed by atoms with Gasteiger partial charge in [-0.3, -0.25) is 9.97 Å². The molecule has 0 aliphatic carbocycles. The van der Waals surface area contributed by atoms with E-state index in [0.717, 1.165) is 33.5 Å². The number of hydrogen-bond acceptors (Lipinski definition) is 3. The number of fused-ring (bicyclic) bond motifs is 3. The van der Waals surface area contributed by atoms with Crippen LogP contribution in [0.1, 0.15) is 0 Å². The van der Waals surface area contributed by atoms with Crippen LogP contribution in [0.4, 0.5) is 0 Å². The fourth-order valence-corrected chi connectivity index (χ4v) is 4.58. The van der Waals surface area contributed by atoms with Crippen molar-refractivity contribution >= 4 is 32.4 Å². The molecule has 3 heteroatoms. The molecule has 6 rings (SSSR count). The third kappa shape index (κ3) is 2.90. The van der Waals surface area contributed by atoms with Crippen LogP contribution in [0.2, 0.25) is 0 Å². The fourth-order valence-electron chi connectivity index (χ4n) is 4.58. The normalized spacial score (nSPS) is 11.3. The summed E-state index contributed by atoms with van der Waals surface area (Å²) in [5, 5.41) is 5.81. The Hall–Kier alpha value is -4.24. The molecule has 0 unspecified atom stereocenters. The van der Waals surface area contributed by atoms with Crippen molar-refractivity contribution in [3.8, 4) is 28.1 Å². The molecule has 0 bridgehead atoms. The van der Waals surface area contributed by atoms with Crippen molar-refractivity contribution in [2.45, 2.75) is 0 Å². The number of benzene rings is 4. The summed E-state index contributed by atoms with van der Waals surface area (Å²) in [5.74, 6) is 0.854. The minimum Gasteiger partial charge on any atom is -0.497 e. The molecule has 2 heterocycles. The average molecular weight is 412 g/mol. The number of ether oxygens (including phenoxy) is 1. The van der Waals surface area contributed by atoms with Gasteiger partial charge in [0, 0.05) is 23.3 Å². The molecule has 3 nitrogen and oxygen atoms in total. The van der Waals surface area contributed by atoms with Crippen LogP contribution < -0.4 is 4.74 Å². The molecule has 0 saturated carbocycles. The Morgan fingerprint density at radius 2 is 1.25 bits per heavy atom. The van der Waals surface area contributed by atoms with Gasteiger partial charge >= 0.3 is 0 Å². The predicted molar refractivity (Wildman–Crippen MR) is 132 cm³/mol. The van der Waals surface area contributed by atoms with Gasteiger partial charge in [-0.2, -0.15) is 0 Å². The largest absolute Gasteiger partial charge is 0.497 e. The summed E-state index contributed by atoms with van der Waals surface area (Å²) in [6.45, 7) is 0. The van der Waals surface area contributed by atoms with E-state index in [1.54, 1.807) is 7.11 Å². The van der Waals surface area contributed by atoms with Crippen molar-refractivity contribution in [3.05, 3.63) is 103 Å².